The highest BCUT2D eigenvalue weighted by Gasteiger charge is 2.11. The van der Waals surface area contributed by atoms with Gasteiger partial charge in [0.25, 0.3) is 0 Å². The molecule has 0 unspecified atom stereocenters. The van der Waals surface area contributed by atoms with Crippen molar-refractivity contribution in [3.63, 3.8) is 0 Å². The summed E-state index contributed by atoms with van der Waals surface area (Å²) in [6, 6.07) is 9.01. The third-order valence-corrected chi connectivity index (χ3v) is 3.10. The highest BCUT2D eigenvalue weighted by molar-refractivity contribution is 7.80. The fraction of sp³-hybridized carbons (Fsp3) is 0.200. The Labute approximate surface area is 128 Å². The van der Waals surface area contributed by atoms with Gasteiger partial charge < -0.3 is 19.9 Å². The molecule has 0 amide bonds. The third-order valence-electron chi connectivity index (χ3n) is 2.86. The first-order valence-corrected chi connectivity index (χ1v) is 6.65. The largest absolute Gasteiger partial charge is 0.493 e. The lowest BCUT2D eigenvalue weighted by atomic mass is 10.2. The van der Waals surface area contributed by atoms with Crippen molar-refractivity contribution in [3.05, 3.63) is 47.8 Å². The van der Waals surface area contributed by atoms with Crippen molar-refractivity contribution < 1.29 is 14.2 Å². The van der Waals surface area contributed by atoms with Gasteiger partial charge in [-0.15, -0.1) is 0 Å². The lowest BCUT2D eigenvalue weighted by molar-refractivity contribution is 0.285. The van der Waals surface area contributed by atoms with Crippen LogP contribution in [0.4, 0.5) is 0 Å². The summed E-state index contributed by atoms with van der Waals surface area (Å²) >= 11 is 4.95. The molecule has 0 aliphatic heterocycles. The molecule has 0 aliphatic carbocycles. The maximum Gasteiger partial charge on any atom is 0.185 e. The molecule has 0 spiro atoms. The topological polar surface area (TPSA) is 66.6 Å². The van der Waals surface area contributed by atoms with Crippen molar-refractivity contribution in [2.24, 2.45) is 5.73 Å². The van der Waals surface area contributed by atoms with E-state index in [1.807, 2.05) is 18.2 Å². The number of nitrogens with zero attached hydrogens (tertiary/aromatic N) is 1. The van der Waals surface area contributed by atoms with E-state index >= 15 is 0 Å². The van der Waals surface area contributed by atoms with Gasteiger partial charge in [-0.1, -0.05) is 24.4 Å². The van der Waals surface area contributed by atoms with Gasteiger partial charge in [0.2, 0.25) is 0 Å². The minimum Gasteiger partial charge on any atom is -0.493 e. The standard InChI is InChI=1S/C15H16N2O3S/c1-18-13-6-7-17-12(14(13)19-2)9-20-11-5-3-4-10(8-11)15(16)21/h3-8H,9H2,1-2H3,(H2,16,21). The number of nitrogens with two attached hydrogens (primary N) is 1. The lowest BCUT2D eigenvalue weighted by Crippen LogP contribution is -2.09. The molecule has 0 radical (unpaired) electrons. The summed E-state index contributed by atoms with van der Waals surface area (Å²) in [6.45, 7) is 0.251. The van der Waals surface area contributed by atoms with Gasteiger partial charge in [-0.05, 0) is 12.1 Å². The van der Waals surface area contributed by atoms with Crippen LogP contribution in [0.3, 0.4) is 0 Å². The van der Waals surface area contributed by atoms with Crippen molar-refractivity contribution in [1.29, 1.82) is 0 Å². The fourth-order valence-corrected chi connectivity index (χ4v) is 1.97. The Bertz CT molecular complexity index is 647. The molecule has 0 atom stereocenters. The highest BCUT2D eigenvalue weighted by Crippen LogP contribution is 2.29. The first-order chi connectivity index (χ1) is 10.2. The number of hydrogen-bond donors (Lipinski definition) is 1. The zero-order valence-corrected chi connectivity index (χ0v) is 12.6. The van der Waals surface area contributed by atoms with Gasteiger partial charge in [-0.25, -0.2) is 0 Å². The molecule has 0 saturated carbocycles. The molecule has 0 fully saturated rings. The predicted molar refractivity (Wildman–Crippen MR) is 84.0 cm³/mol. The molecule has 0 aliphatic rings. The highest BCUT2D eigenvalue weighted by atomic mass is 32.1. The summed E-state index contributed by atoms with van der Waals surface area (Å²) in [7, 11) is 3.14. The molecule has 2 rings (SSSR count). The van der Waals surface area contributed by atoms with Crippen LogP contribution in [0.1, 0.15) is 11.3 Å². The Kier molecular flexibility index (Phi) is 4.94. The number of hydrogen-bond acceptors (Lipinski definition) is 5. The first kappa shape index (κ1) is 15.1. The number of methoxy groups -OCH3 is 2. The van der Waals surface area contributed by atoms with E-state index in [0.29, 0.717) is 27.9 Å². The van der Waals surface area contributed by atoms with E-state index in [9.17, 15) is 0 Å². The van der Waals surface area contributed by atoms with Crippen molar-refractivity contribution in [1.82, 2.24) is 4.98 Å². The Morgan fingerprint density at radius 3 is 2.71 bits per heavy atom. The van der Waals surface area contributed by atoms with E-state index in [1.165, 1.54) is 0 Å². The maximum absolute atomic E-state index is 5.71. The fourth-order valence-electron chi connectivity index (χ4n) is 1.84. The van der Waals surface area contributed by atoms with Gasteiger partial charge in [0.15, 0.2) is 11.5 Å². The van der Waals surface area contributed by atoms with E-state index in [0.717, 1.165) is 5.56 Å². The van der Waals surface area contributed by atoms with E-state index in [-0.39, 0.29) is 6.61 Å². The van der Waals surface area contributed by atoms with E-state index in [1.54, 1.807) is 32.5 Å². The minimum absolute atomic E-state index is 0.251. The van der Waals surface area contributed by atoms with Gasteiger partial charge in [-0.2, -0.15) is 0 Å². The molecule has 0 saturated heterocycles. The van der Waals surface area contributed by atoms with Gasteiger partial charge in [0, 0.05) is 17.8 Å². The Hall–Kier alpha value is -2.34. The maximum atomic E-state index is 5.71. The van der Waals surface area contributed by atoms with Crippen molar-refractivity contribution in [2.75, 3.05) is 14.2 Å². The summed E-state index contributed by atoms with van der Waals surface area (Å²) in [5.74, 6) is 1.83. The smallest absolute Gasteiger partial charge is 0.185 e. The number of aromatic nitrogens is 1. The second-order valence-corrected chi connectivity index (χ2v) is 4.61. The number of benzene rings is 1. The summed E-state index contributed by atoms with van der Waals surface area (Å²) in [5.41, 5.74) is 7.01. The first-order valence-electron chi connectivity index (χ1n) is 6.24. The molecular weight excluding hydrogens is 288 g/mol. The molecule has 0 bridgehead atoms. The lowest BCUT2D eigenvalue weighted by Gasteiger charge is -2.12. The van der Waals surface area contributed by atoms with Crippen molar-refractivity contribution in [2.45, 2.75) is 6.61 Å². The van der Waals surface area contributed by atoms with Crippen LogP contribution >= 0.6 is 12.2 Å². The molecule has 1 heterocycles. The quantitative estimate of drug-likeness (QED) is 0.826. The summed E-state index contributed by atoms with van der Waals surface area (Å²) in [6.07, 6.45) is 1.64. The van der Waals surface area contributed by atoms with Crippen molar-refractivity contribution >= 4 is 17.2 Å². The molecule has 1 aromatic heterocycles. The Morgan fingerprint density at radius 2 is 2.05 bits per heavy atom. The van der Waals surface area contributed by atoms with Crippen molar-refractivity contribution in [3.8, 4) is 17.2 Å². The van der Waals surface area contributed by atoms with Crippen LogP contribution in [-0.2, 0) is 6.61 Å². The van der Waals surface area contributed by atoms with Gasteiger partial charge in [0.1, 0.15) is 23.0 Å². The number of pyridine rings is 1. The van der Waals surface area contributed by atoms with Gasteiger partial charge >= 0.3 is 0 Å². The van der Waals surface area contributed by atoms with Gasteiger partial charge in [-0.3, -0.25) is 4.98 Å². The molecule has 2 aromatic rings. The predicted octanol–water partition coefficient (Wildman–Crippen LogP) is 2.31. The molecule has 6 heteroatoms. The average molecular weight is 304 g/mol. The monoisotopic (exact) mass is 304 g/mol. The number of rotatable bonds is 6. The molecule has 1 aromatic carbocycles. The Morgan fingerprint density at radius 1 is 1.24 bits per heavy atom. The van der Waals surface area contributed by atoms with Crippen LogP contribution in [0.15, 0.2) is 36.5 Å². The second-order valence-electron chi connectivity index (χ2n) is 4.17. The van der Waals surface area contributed by atoms with Crippen LogP contribution in [0.25, 0.3) is 0 Å². The SMILES string of the molecule is COc1ccnc(COc2cccc(C(N)=S)c2)c1OC. The summed E-state index contributed by atoms with van der Waals surface area (Å²) in [4.78, 5) is 4.58. The van der Waals surface area contributed by atoms with E-state index in [4.69, 9.17) is 32.2 Å². The van der Waals surface area contributed by atoms with Crippen LogP contribution in [-0.4, -0.2) is 24.2 Å². The average Bonchev–Trinajstić information content (AvgIpc) is 2.52. The zero-order valence-electron chi connectivity index (χ0n) is 11.8. The Balaban J connectivity index is 2.16. The molecule has 5 nitrogen and oxygen atoms in total. The molecular formula is C15H16N2O3S. The van der Waals surface area contributed by atoms with E-state index in [2.05, 4.69) is 4.98 Å². The number of ether oxygens (including phenoxy) is 3. The van der Waals surface area contributed by atoms with Crippen LogP contribution in [0.5, 0.6) is 17.2 Å². The van der Waals surface area contributed by atoms with E-state index < -0.39 is 0 Å². The van der Waals surface area contributed by atoms with Crippen LogP contribution in [0.2, 0.25) is 0 Å². The third kappa shape index (κ3) is 3.61. The molecule has 2 N–H and O–H groups in total. The normalized spacial score (nSPS) is 10.0. The molecule has 110 valence electrons. The second kappa shape index (κ2) is 6.90. The van der Waals surface area contributed by atoms with Gasteiger partial charge in [0.05, 0.1) is 14.2 Å². The molecule has 21 heavy (non-hydrogen) atoms. The van der Waals surface area contributed by atoms with Crippen LogP contribution < -0.4 is 19.9 Å². The van der Waals surface area contributed by atoms with Crippen LogP contribution in [0, 0.1) is 0 Å². The zero-order chi connectivity index (χ0) is 15.2. The minimum atomic E-state index is 0.251. The summed E-state index contributed by atoms with van der Waals surface area (Å²) < 4.78 is 16.2. The summed E-state index contributed by atoms with van der Waals surface area (Å²) in [5, 5.41) is 0. The number of thiocarbonyl (C=S) groups is 1.